The van der Waals surface area contributed by atoms with E-state index in [9.17, 15) is 10.1 Å². The fourth-order valence-electron chi connectivity index (χ4n) is 2.61. The predicted molar refractivity (Wildman–Crippen MR) is 66.6 cm³/mol. The molecule has 2 N–H and O–H groups in total. The number of nitro benzene ring substituents is 1. The number of rotatable bonds is 3. The van der Waals surface area contributed by atoms with Gasteiger partial charge < -0.3 is 5.73 Å². The van der Waals surface area contributed by atoms with Crippen LogP contribution in [0.15, 0.2) is 24.3 Å². The Bertz CT molecular complexity index is 400. The van der Waals surface area contributed by atoms with Crippen molar-refractivity contribution in [2.24, 2.45) is 11.7 Å². The van der Waals surface area contributed by atoms with Gasteiger partial charge in [0.2, 0.25) is 0 Å². The molecule has 0 amide bonds. The zero-order valence-electron chi connectivity index (χ0n) is 9.84. The molecular formula is C13H18N2O2. The molecule has 1 fully saturated rings. The maximum absolute atomic E-state index is 10.7. The number of nitro groups is 1. The summed E-state index contributed by atoms with van der Waals surface area (Å²) in [6.45, 7) is 0. The Balaban J connectivity index is 2.14. The van der Waals surface area contributed by atoms with Gasteiger partial charge in [0.05, 0.1) is 4.92 Å². The van der Waals surface area contributed by atoms with E-state index in [0.29, 0.717) is 5.92 Å². The summed E-state index contributed by atoms with van der Waals surface area (Å²) in [5, 5.41) is 10.7. The zero-order chi connectivity index (χ0) is 12.3. The summed E-state index contributed by atoms with van der Waals surface area (Å²) in [7, 11) is 0. The molecule has 92 valence electrons. The minimum atomic E-state index is -0.364. The highest BCUT2D eigenvalue weighted by molar-refractivity contribution is 5.35. The van der Waals surface area contributed by atoms with Gasteiger partial charge in [0.15, 0.2) is 0 Å². The average Bonchev–Trinajstić information content (AvgIpc) is 2.39. The number of benzene rings is 1. The smallest absolute Gasteiger partial charge is 0.269 e. The molecule has 0 saturated heterocycles. The van der Waals surface area contributed by atoms with Gasteiger partial charge in [-0.2, -0.15) is 0 Å². The van der Waals surface area contributed by atoms with Crippen molar-refractivity contribution in [3.8, 4) is 0 Å². The lowest BCUT2D eigenvalue weighted by molar-refractivity contribution is -0.384. The first-order chi connectivity index (χ1) is 8.18. The fourth-order valence-corrected chi connectivity index (χ4v) is 2.61. The standard InChI is InChI=1S/C13H18N2O2/c14-13(10-5-2-1-3-6-10)11-7-4-8-12(9-11)15(16)17/h4,7-10,13H,1-3,5-6,14H2. The molecule has 1 saturated carbocycles. The second-order valence-electron chi connectivity index (χ2n) is 4.78. The Kier molecular flexibility index (Phi) is 3.74. The number of nitrogens with two attached hydrogens (primary N) is 1. The molecule has 1 aliphatic rings. The summed E-state index contributed by atoms with van der Waals surface area (Å²) >= 11 is 0. The molecule has 1 atom stereocenters. The normalized spacial score (nSPS) is 18.9. The van der Waals surface area contributed by atoms with E-state index in [0.717, 1.165) is 18.4 Å². The molecule has 4 heteroatoms. The first kappa shape index (κ1) is 12.0. The molecule has 4 nitrogen and oxygen atoms in total. The SMILES string of the molecule is NC(c1cccc([N+](=O)[O-])c1)C1CCCCC1. The van der Waals surface area contributed by atoms with E-state index in [1.54, 1.807) is 12.1 Å². The zero-order valence-corrected chi connectivity index (χ0v) is 9.84. The topological polar surface area (TPSA) is 69.2 Å². The van der Waals surface area contributed by atoms with E-state index in [1.807, 2.05) is 6.07 Å². The summed E-state index contributed by atoms with van der Waals surface area (Å²) in [5.74, 6) is 0.478. The van der Waals surface area contributed by atoms with Crippen molar-refractivity contribution in [2.75, 3.05) is 0 Å². The first-order valence-electron chi connectivity index (χ1n) is 6.18. The van der Waals surface area contributed by atoms with Crippen LogP contribution in [0.3, 0.4) is 0 Å². The second-order valence-corrected chi connectivity index (χ2v) is 4.78. The van der Waals surface area contributed by atoms with Crippen molar-refractivity contribution in [1.82, 2.24) is 0 Å². The molecule has 17 heavy (non-hydrogen) atoms. The molecule has 0 spiro atoms. The van der Waals surface area contributed by atoms with Crippen LogP contribution in [-0.2, 0) is 0 Å². The Morgan fingerprint density at radius 2 is 2.00 bits per heavy atom. The highest BCUT2D eigenvalue weighted by Crippen LogP contribution is 2.33. The van der Waals surface area contributed by atoms with Crippen LogP contribution in [0.25, 0.3) is 0 Å². The van der Waals surface area contributed by atoms with Crippen molar-refractivity contribution in [3.05, 3.63) is 39.9 Å². The molecular weight excluding hydrogens is 216 g/mol. The van der Waals surface area contributed by atoms with Gasteiger partial charge in [0.1, 0.15) is 0 Å². The summed E-state index contributed by atoms with van der Waals surface area (Å²) < 4.78 is 0. The molecule has 2 rings (SSSR count). The number of nitrogens with zero attached hydrogens (tertiary/aromatic N) is 1. The highest BCUT2D eigenvalue weighted by atomic mass is 16.6. The van der Waals surface area contributed by atoms with Crippen LogP contribution in [0.2, 0.25) is 0 Å². The Morgan fingerprint density at radius 1 is 1.29 bits per heavy atom. The van der Waals surface area contributed by atoms with Gasteiger partial charge in [-0.1, -0.05) is 31.4 Å². The third kappa shape index (κ3) is 2.82. The maximum Gasteiger partial charge on any atom is 0.269 e. The van der Waals surface area contributed by atoms with E-state index in [4.69, 9.17) is 5.73 Å². The van der Waals surface area contributed by atoms with Crippen molar-refractivity contribution >= 4 is 5.69 Å². The van der Waals surface area contributed by atoms with Gasteiger partial charge in [-0.25, -0.2) is 0 Å². The molecule has 1 aromatic rings. The van der Waals surface area contributed by atoms with Crippen LogP contribution < -0.4 is 5.73 Å². The van der Waals surface area contributed by atoms with Crippen molar-refractivity contribution in [3.63, 3.8) is 0 Å². The summed E-state index contributed by atoms with van der Waals surface area (Å²) in [4.78, 5) is 10.4. The van der Waals surface area contributed by atoms with E-state index >= 15 is 0 Å². The van der Waals surface area contributed by atoms with Crippen LogP contribution in [0.1, 0.15) is 43.7 Å². The van der Waals surface area contributed by atoms with Gasteiger partial charge in [0, 0.05) is 18.2 Å². The summed E-state index contributed by atoms with van der Waals surface area (Å²) in [6.07, 6.45) is 6.03. The monoisotopic (exact) mass is 234 g/mol. The number of hydrogen-bond donors (Lipinski definition) is 1. The van der Waals surface area contributed by atoms with E-state index in [1.165, 1.54) is 25.3 Å². The van der Waals surface area contributed by atoms with E-state index in [-0.39, 0.29) is 16.7 Å². The van der Waals surface area contributed by atoms with Crippen LogP contribution >= 0.6 is 0 Å². The largest absolute Gasteiger partial charge is 0.324 e. The lowest BCUT2D eigenvalue weighted by atomic mass is 9.81. The van der Waals surface area contributed by atoms with Gasteiger partial charge in [-0.05, 0) is 24.3 Å². The van der Waals surface area contributed by atoms with Crippen molar-refractivity contribution in [2.45, 2.75) is 38.1 Å². The predicted octanol–water partition coefficient (Wildman–Crippen LogP) is 3.17. The lowest BCUT2D eigenvalue weighted by Gasteiger charge is -2.27. The lowest BCUT2D eigenvalue weighted by Crippen LogP contribution is -2.23. The van der Waals surface area contributed by atoms with Crippen molar-refractivity contribution in [1.29, 1.82) is 0 Å². The van der Waals surface area contributed by atoms with E-state index in [2.05, 4.69) is 0 Å². The molecule has 1 unspecified atom stereocenters. The van der Waals surface area contributed by atoms with Crippen LogP contribution in [0, 0.1) is 16.0 Å². The minimum absolute atomic E-state index is 0.0600. The van der Waals surface area contributed by atoms with E-state index < -0.39 is 0 Å². The average molecular weight is 234 g/mol. The molecule has 0 bridgehead atoms. The quantitative estimate of drug-likeness (QED) is 0.645. The summed E-state index contributed by atoms with van der Waals surface area (Å²) in [5.41, 5.74) is 7.24. The molecule has 0 radical (unpaired) electrons. The summed E-state index contributed by atoms with van der Waals surface area (Å²) in [6, 6.07) is 6.67. The van der Waals surface area contributed by atoms with Crippen molar-refractivity contribution < 1.29 is 4.92 Å². The molecule has 0 aliphatic heterocycles. The maximum atomic E-state index is 10.7. The highest BCUT2D eigenvalue weighted by Gasteiger charge is 2.22. The fraction of sp³-hybridized carbons (Fsp3) is 0.538. The Hall–Kier alpha value is -1.42. The first-order valence-corrected chi connectivity index (χ1v) is 6.18. The molecule has 1 aromatic carbocycles. The third-order valence-corrected chi connectivity index (χ3v) is 3.62. The second kappa shape index (κ2) is 5.27. The molecule has 1 aliphatic carbocycles. The van der Waals surface area contributed by atoms with Crippen LogP contribution in [-0.4, -0.2) is 4.92 Å². The molecule has 0 aromatic heterocycles. The van der Waals surface area contributed by atoms with Crippen LogP contribution in [0.4, 0.5) is 5.69 Å². The van der Waals surface area contributed by atoms with Gasteiger partial charge in [-0.15, -0.1) is 0 Å². The minimum Gasteiger partial charge on any atom is -0.324 e. The molecule has 0 heterocycles. The third-order valence-electron chi connectivity index (χ3n) is 3.62. The van der Waals surface area contributed by atoms with Gasteiger partial charge >= 0.3 is 0 Å². The Labute approximate surface area is 101 Å². The van der Waals surface area contributed by atoms with Gasteiger partial charge in [0.25, 0.3) is 5.69 Å². The number of hydrogen-bond acceptors (Lipinski definition) is 3. The number of non-ortho nitro benzene ring substituents is 1. The van der Waals surface area contributed by atoms with Gasteiger partial charge in [-0.3, -0.25) is 10.1 Å². The Morgan fingerprint density at radius 3 is 2.65 bits per heavy atom. The van der Waals surface area contributed by atoms with Crippen LogP contribution in [0.5, 0.6) is 0 Å².